The van der Waals surface area contributed by atoms with Gasteiger partial charge in [0.05, 0.1) is 22.2 Å². The molecule has 5 rings (SSSR count). The number of fused-ring (bicyclic) bond motifs is 2. The van der Waals surface area contributed by atoms with E-state index in [1.165, 1.54) is 0 Å². The molecule has 1 N–H and O–H groups in total. The maximum absolute atomic E-state index is 5.99. The largest absolute Gasteiger partial charge is 0.457 e. The van der Waals surface area contributed by atoms with Crippen LogP contribution < -0.4 is 10.1 Å². The average Bonchev–Trinajstić information content (AvgIpc) is 3.05. The van der Waals surface area contributed by atoms with Crippen molar-refractivity contribution in [3.63, 3.8) is 0 Å². The molecule has 5 heteroatoms. The molecule has 28 heavy (non-hydrogen) atoms. The highest BCUT2D eigenvalue weighted by atomic mass is 16.5. The van der Waals surface area contributed by atoms with E-state index in [-0.39, 0.29) is 0 Å². The van der Waals surface area contributed by atoms with E-state index in [0.29, 0.717) is 0 Å². The molecule has 0 aliphatic heterocycles. The summed E-state index contributed by atoms with van der Waals surface area (Å²) < 4.78 is 8.03. The van der Waals surface area contributed by atoms with Crippen LogP contribution in [0.25, 0.3) is 21.9 Å². The molecule has 0 aliphatic carbocycles. The van der Waals surface area contributed by atoms with E-state index in [4.69, 9.17) is 9.72 Å². The van der Waals surface area contributed by atoms with E-state index >= 15 is 0 Å². The number of hydrogen-bond acceptors (Lipinski definition) is 4. The minimum Gasteiger partial charge on any atom is -0.457 e. The maximum atomic E-state index is 5.99. The molecule has 136 valence electrons. The van der Waals surface area contributed by atoms with Crippen LogP contribution in [-0.4, -0.2) is 14.5 Å². The van der Waals surface area contributed by atoms with Crippen molar-refractivity contribution in [1.29, 1.82) is 0 Å². The van der Waals surface area contributed by atoms with Crippen molar-refractivity contribution in [3.05, 3.63) is 85.1 Å². The van der Waals surface area contributed by atoms with E-state index < -0.39 is 0 Å². The molecule has 5 aromatic rings. The molecule has 0 fully saturated rings. The molecule has 0 saturated heterocycles. The summed E-state index contributed by atoms with van der Waals surface area (Å²) in [5.41, 5.74) is 3.86. The van der Waals surface area contributed by atoms with Gasteiger partial charge < -0.3 is 14.6 Å². The Morgan fingerprint density at radius 1 is 0.821 bits per heavy atom. The summed E-state index contributed by atoms with van der Waals surface area (Å²) in [7, 11) is 2.00. The van der Waals surface area contributed by atoms with Crippen molar-refractivity contribution < 1.29 is 4.74 Å². The number of hydrogen-bond donors (Lipinski definition) is 1. The maximum Gasteiger partial charge on any atom is 0.208 e. The number of para-hydroxylation sites is 3. The van der Waals surface area contributed by atoms with Gasteiger partial charge in [0.15, 0.2) is 0 Å². The number of aryl methyl sites for hydroxylation is 1. The minimum absolute atomic E-state index is 0.764. The molecule has 0 radical (unpaired) electrons. The Hall–Kier alpha value is -3.86. The van der Waals surface area contributed by atoms with Crippen molar-refractivity contribution in [3.8, 4) is 11.5 Å². The number of imidazole rings is 1. The second-order valence-corrected chi connectivity index (χ2v) is 6.56. The third-order valence-corrected chi connectivity index (χ3v) is 4.73. The molecule has 0 amide bonds. The molecule has 0 atom stereocenters. The Kier molecular flexibility index (Phi) is 3.91. The monoisotopic (exact) mass is 366 g/mol. The number of nitrogens with zero attached hydrogens (tertiary/aromatic N) is 3. The standard InChI is InChI=1S/C23H18N4O/c1-27-22-10-6-5-9-21(22)26-23(27)25-20-13-14-24-19-12-11-17(15-18(19)20)28-16-7-3-2-4-8-16/h2-15H,1H3,(H,24,25,26). The predicted octanol–water partition coefficient (Wildman–Crippen LogP) is 5.66. The average molecular weight is 366 g/mol. The Balaban J connectivity index is 1.55. The first-order valence-corrected chi connectivity index (χ1v) is 9.08. The number of benzene rings is 3. The molecule has 2 aromatic heterocycles. The van der Waals surface area contributed by atoms with Gasteiger partial charge in [0.25, 0.3) is 0 Å². The molecule has 3 aromatic carbocycles. The first-order chi connectivity index (χ1) is 13.8. The van der Waals surface area contributed by atoms with Crippen molar-refractivity contribution in [2.24, 2.45) is 7.05 Å². The van der Waals surface area contributed by atoms with Gasteiger partial charge in [-0.25, -0.2) is 4.98 Å². The van der Waals surface area contributed by atoms with Crippen LogP contribution in [0.15, 0.2) is 85.1 Å². The number of rotatable bonds is 4. The molecule has 0 unspecified atom stereocenters. The summed E-state index contributed by atoms with van der Waals surface area (Å²) in [6.07, 6.45) is 1.80. The zero-order chi connectivity index (χ0) is 18.9. The van der Waals surface area contributed by atoms with Gasteiger partial charge in [-0.15, -0.1) is 0 Å². The van der Waals surface area contributed by atoms with Crippen LogP contribution in [0.2, 0.25) is 0 Å². The van der Waals surface area contributed by atoms with Gasteiger partial charge in [0, 0.05) is 18.6 Å². The van der Waals surface area contributed by atoms with E-state index in [1.807, 2.05) is 84.4 Å². The van der Waals surface area contributed by atoms with Crippen LogP contribution in [0.4, 0.5) is 11.6 Å². The van der Waals surface area contributed by atoms with Crippen molar-refractivity contribution >= 4 is 33.6 Å². The number of nitrogens with one attached hydrogen (secondary N) is 1. The summed E-state index contributed by atoms with van der Waals surface area (Å²) in [6, 6.07) is 25.7. The summed E-state index contributed by atoms with van der Waals surface area (Å²) in [5, 5.41) is 4.43. The molecule has 0 bridgehead atoms. The quantitative estimate of drug-likeness (QED) is 0.446. The molecule has 2 heterocycles. The normalized spacial score (nSPS) is 11.0. The minimum atomic E-state index is 0.764. The third kappa shape index (κ3) is 2.93. The highest BCUT2D eigenvalue weighted by molar-refractivity contribution is 5.94. The summed E-state index contributed by atoms with van der Waals surface area (Å²) >= 11 is 0. The zero-order valence-corrected chi connectivity index (χ0v) is 15.3. The van der Waals surface area contributed by atoms with Crippen LogP contribution in [0, 0.1) is 0 Å². The number of ether oxygens (including phenoxy) is 1. The Bertz CT molecular complexity index is 1280. The van der Waals surface area contributed by atoms with Crippen LogP contribution in [0.3, 0.4) is 0 Å². The number of pyridine rings is 1. The summed E-state index contributed by atoms with van der Waals surface area (Å²) in [5.74, 6) is 2.35. The van der Waals surface area contributed by atoms with E-state index in [9.17, 15) is 0 Å². The van der Waals surface area contributed by atoms with Crippen molar-refractivity contribution in [2.45, 2.75) is 0 Å². The van der Waals surface area contributed by atoms with Crippen molar-refractivity contribution in [2.75, 3.05) is 5.32 Å². The van der Waals surface area contributed by atoms with Gasteiger partial charge in [-0.1, -0.05) is 30.3 Å². The summed E-state index contributed by atoms with van der Waals surface area (Å²) in [6.45, 7) is 0. The zero-order valence-electron chi connectivity index (χ0n) is 15.3. The molecule has 0 saturated carbocycles. The Morgan fingerprint density at radius 3 is 2.50 bits per heavy atom. The lowest BCUT2D eigenvalue weighted by atomic mass is 10.2. The lowest BCUT2D eigenvalue weighted by molar-refractivity contribution is 0.483. The highest BCUT2D eigenvalue weighted by Crippen LogP contribution is 2.31. The van der Waals surface area contributed by atoms with Crippen LogP contribution in [0.1, 0.15) is 0 Å². The number of anilines is 2. The van der Waals surface area contributed by atoms with Crippen LogP contribution >= 0.6 is 0 Å². The van der Waals surface area contributed by atoms with Crippen LogP contribution in [0.5, 0.6) is 11.5 Å². The lowest BCUT2D eigenvalue weighted by Gasteiger charge is -2.11. The molecular weight excluding hydrogens is 348 g/mol. The van der Waals surface area contributed by atoms with Gasteiger partial charge in [0.2, 0.25) is 5.95 Å². The van der Waals surface area contributed by atoms with E-state index in [1.54, 1.807) is 6.20 Å². The molecule has 5 nitrogen and oxygen atoms in total. The topological polar surface area (TPSA) is 52.0 Å². The highest BCUT2D eigenvalue weighted by Gasteiger charge is 2.10. The smallest absolute Gasteiger partial charge is 0.208 e. The fraction of sp³-hybridized carbons (Fsp3) is 0.0435. The van der Waals surface area contributed by atoms with E-state index in [0.717, 1.165) is 45.1 Å². The third-order valence-electron chi connectivity index (χ3n) is 4.73. The first-order valence-electron chi connectivity index (χ1n) is 9.08. The van der Waals surface area contributed by atoms with Crippen LogP contribution in [-0.2, 0) is 7.05 Å². The van der Waals surface area contributed by atoms with Gasteiger partial charge in [-0.3, -0.25) is 4.98 Å². The fourth-order valence-corrected chi connectivity index (χ4v) is 3.30. The van der Waals surface area contributed by atoms with Crippen molar-refractivity contribution in [1.82, 2.24) is 14.5 Å². The molecule has 0 aliphatic rings. The predicted molar refractivity (Wildman–Crippen MR) is 112 cm³/mol. The lowest BCUT2D eigenvalue weighted by Crippen LogP contribution is -2.00. The first kappa shape index (κ1) is 16.3. The Labute approximate surface area is 162 Å². The summed E-state index contributed by atoms with van der Waals surface area (Å²) in [4.78, 5) is 9.18. The van der Waals surface area contributed by atoms with E-state index in [2.05, 4.69) is 16.4 Å². The molecular formula is C23H18N4O. The van der Waals surface area contributed by atoms with Gasteiger partial charge >= 0.3 is 0 Å². The Morgan fingerprint density at radius 2 is 1.64 bits per heavy atom. The SMILES string of the molecule is Cn1c(Nc2ccnc3ccc(Oc4ccccc4)cc23)nc2ccccc21. The van der Waals surface area contributed by atoms with Gasteiger partial charge in [-0.2, -0.15) is 0 Å². The second kappa shape index (κ2) is 6.70. The second-order valence-electron chi connectivity index (χ2n) is 6.56. The molecule has 0 spiro atoms. The van der Waals surface area contributed by atoms with Gasteiger partial charge in [0.1, 0.15) is 11.5 Å². The number of aromatic nitrogens is 3. The fourth-order valence-electron chi connectivity index (χ4n) is 3.30. The van der Waals surface area contributed by atoms with Gasteiger partial charge in [-0.05, 0) is 48.5 Å².